The third-order valence-corrected chi connectivity index (χ3v) is 4.17. The Morgan fingerprint density at radius 3 is 2.89 bits per heavy atom. The summed E-state index contributed by atoms with van der Waals surface area (Å²) in [6, 6.07) is 10.4. The van der Waals surface area contributed by atoms with Crippen LogP contribution in [-0.4, -0.2) is 42.5 Å². The first-order valence-corrected chi connectivity index (χ1v) is 7.13. The van der Waals surface area contributed by atoms with Crippen LogP contribution >= 0.6 is 11.6 Å². The number of hydrogen-bond donors (Lipinski definition) is 0. The van der Waals surface area contributed by atoms with Crippen molar-refractivity contribution in [1.29, 1.82) is 5.26 Å². The molecule has 102 valence electrons. The predicted octanol–water partition coefficient (Wildman–Crippen LogP) is 2.93. The molecule has 0 saturated carbocycles. The lowest BCUT2D eigenvalue weighted by molar-refractivity contribution is 0.0773. The molecule has 1 heterocycles. The van der Waals surface area contributed by atoms with Gasteiger partial charge in [0.2, 0.25) is 0 Å². The van der Waals surface area contributed by atoms with Crippen LogP contribution in [0.25, 0.3) is 0 Å². The predicted molar refractivity (Wildman–Crippen MR) is 78.1 cm³/mol. The Morgan fingerprint density at radius 2 is 2.26 bits per heavy atom. The van der Waals surface area contributed by atoms with Gasteiger partial charge in [-0.15, -0.1) is 0 Å². The molecule has 3 nitrogen and oxygen atoms in total. The van der Waals surface area contributed by atoms with Crippen LogP contribution in [0.1, 0.15) is 24.9 Å². The maximum absolute atomic E-state index is 9.50. The first-order chi connectivity index (χ1) is 9.15. The number of piperazine rings is 1. The van der Waals surface area contributed by atoms with Crippen molar-refractivity contribution >= 4 is 11.6 Å². The molecule has 0 radical (unpaired) electrons. The fourth-order valence-electron chi connectivity index (χ4n) is 2.69. The molecule has 1 aromatic rings. The molecule has 1 saturated heterocycles. The van der Waals surface area contributed by atoms with Crippen molar-refractivity contribution < 1.29 is 0 Å². The first-order valence-electron chi connectivity index (χ1n) is 6.75. The van der Waals surface area contributed by atoms with Crippen LogP contribution in [0.3, 0.4) is 0 Å². The summed E-state index contributed by atoms with van der Waals surface area (Å²) in [5.41, 5.74) is 0.995. The third-order valence-electron chi connectivity index (χ3n) is 3.93. The standard InChI is InChI=1S/C15H20ClN3/c1-3-14-11-19(8-7-18(14)2)15(10-17)12-5-4-6-13(16)9-12/h4-6,9,14-15H,3,7-8,11H2,1-2H3. The van der Waals surface area contributed by atoms with Crippen LogP contribution in [0.4, 0.5) is 0 Å². The van der Waals surface area contributed by atoms with Crippen molar-refractivity contribution in [2.45, 2.75) is 25.4 Å². The number of rotatable bonds is 3. The van der Waals surface area contributed by atoms with Gasteiger partial charge >= 0.3 is 0 Å². The number of hydrogen-bond acceptors (Lipinski definition) is 3. The van der Waals surface area contributed by atoms with Crippen LogP contribution in [0, 0.1) is 11.3 Å². The van der Waals surface area contributed by atoms with Gasteiger partial charge in [-0.25, -0.2) is 0 Å². The Morgan fingerprint density at radius 1 is 1.47 bits per heavy atom. The minimum atomic E-state index is -0.193. The minimum absolute atomic E-state index is 0.193. The normalized spacial score (nSPS) is 22.9. The molecule has 0 N–H and O–H groups in total. The molecular formula is C15H20ClN3. The van der Waals surface area contributed by atoms with Gasteiger partial charge < -0.3 is 4.90 Å². The topological polar surface area (TPSA) is 30.3 Å². The molecule has 2 atom stereocenters. The van der Waals surface area contributed by atoms with Crippen LogP contribution in [0.2, 0.25) is 5.02 Å². The zero-order chi connectivity index (χ0) is 13.8. The fourth-order valence-corrected chi connectivity index (χ4v) is 2.89. The van der Waals surface area contributed by atoms with Gasteiger partial charge in [0.15, 0.2) is 0 Å². The van der Waals surface area contributed by atoms with E-state index in [1.807, 2.05) is 24.3 Å². The Balaban J connectivity index is 2.17. The summed E-state index contributed by atoms with van der Waals surface area (Å²) in [5.74, 6) is 0. The van der Waals surface area contributed by atoms with E-state index in [1.54, 1.807) is 0 Å². The Hall–Kier alpha value is -1.08. The summed E-state index contributed by atoms with van der Waals surface area (Å²) in [7, 11) is 2.16. The van der Waals surface area contributed by atoms with Gasteiger partial charge in [0.05, 0.1) is 6.07 Å². The Kier molecular flexibility index (Phi) is 4.81. The van der Waals surface area contributed by atoms with Crippen molar-refractivity contribution in [2.75, 3.05) is 26.7 Å². The Labute approximate surface area is 120 Å². The molecule has 1 aliphatic heterocycles. The summed E-state index contributed by atoms with van der Waals surface area (Å²) < 4.78 is 0. The highest BCUT2D eigenvalue weighted by atomic mass is 35.5. The minimum Gasteiger partial charge on any atom is -0.301 e. The van der Waals surface area contributed by atoms with E-state index in [1.165, 1.54) is 0 Å². The smallest absolute Gasteiger partial charge is 0.124 e. The van der Waals surface area contributed by atoms with Crippen LogP contribution < -0.4 is 0 Å². The number of likely N-dealkylation sites (N-methyl/N-ethyl adjacent to an activating group) is 1. The van der Waals surface area contributed by atoms with E-state index < -0.39 is 0 Å². The molecule has 0 aromatic heterocycles. The molecule has 1 aromatic carbocycles. The van der Waals surface area contributed by atoms with Crippen molar-refractivity contribution in [2.24, 2.45) is 0 Å². The number of nitriles is 1. The van der Waals surface area contributed by atoms with Crippen molar-refractivity contribution in [3.63, 3.8) is 0 Å². The van der Waals surface area contributed by atoms with Gasteiger partial charge in [-0.3, -0.25) is 4.90 Å². The maximum atomic E-state index is 9.50. The zero-order valence-corrected chi connectivity index (χ0v) is 12.3. The second-order valence-electron chi connectivity index (χ2n) is 5.12. The highest BCUT2D eigenvalue weighted by molar-refractivity contribution is 6.30. The fraction of sp³-hybridized carbons (Fsp3) is 0.533. The number of halogens is 1. The van der Waals surface area contributed by atoms with Gasteiger partial charge in [0.25, 0.3) is 0 Å². The molecule has 0 aliphatic carbocycles. The van der Waals surface area contributed by atoms with Gasteiger partial charge in [0.1, 0.15) is 6.04 Å². The molecule has 1 aliphatic rings. The van der Waals surface area contributed by atoms with Crippen LogP contribution in [0.5, 0.6) is 0 Å². The summed E-state index contributed by atoms with van der Waals surface area (Å²) in [6.45, 7) is 5.08. The van der Waals surface area contributed by atoms with Crippen LogP contribution in [-0.2, 0) is 0 Å². The molecule has 2 unspecified atom stereocenters. The zero-order valence-electron chi connectivity index (χ0n) is 11.5. The third kappa shape index (κ3) is 3.27. The second-order valence-corrected chi connectivity index (χ2v) is 5.56. The number of benzene rings is 1. The van der Waals surface area contributed by atoms with Crippen LogP contribution in [0.15, 0.2) is 24.3 Å². The largest absolute Gasteiger partial charge is 0.301 e. The summed E-state index contributed by atoms with van der Waals surface area (Å²) >= 11 is 6.03. The average Bonchev–Trinajstić information content (AvgIpc) is 2.41. The summed E-state index contributed by atoms with van der Waals surface area (Å²) in [4.78, 5) is 4.64. The van der Waals surface area contributed by atoms with E-state index in [0.29, 0.717) is 11.1 Å². The average molecular weight is 278 g/mol. The molecule has 0 amide bonds. The van der Waals surface area contributed by atoms with Crippen molar-refractivity contribution in [3.8, 4) is 6.07 Å². The van der Waals surface area contributed by atoms with Crippen molar-refractivity contribution in [3.05, 3.63) is 34.9 Å². The van der Waals surface area contributed by atoms with E-state index in [-0.39, 0.29) is 6.04 Å². The van der Waals surface area contributed by atoms with E-state index in [9.17, 15) is 5.26 Å². The van der Waals surface area contributed by atoms with E-state index in [0.717, 1.165) is 31.6 Å². The lowest BCUT2D eigenvalue weighted by Gasteiger charge is -2.41. The van der Waals surface area contributed by atoms with Gasteiger partial charge in [-0.05, 0) is 31.2 Å². The van der Waals surface area contributed by atoms with Gasteiger partial charge in [-0.2, -0.15) is 5.26 Å². The monoisotopic (exact) mass is 277 g/mol. The highest BCUT2D eigenvalue weighted by Crippen LogP contribution is 2.25. The SMILES string of the molecule is CCC1CN(C(C#N)c2cccc(Cl)c2)CCN1C. The molecule has 19 heavy (non-hydrogen) atoms. The lowest BCUT2D eigenvalue weighted by Crippen LogP contribution is -2.51. The second kappa shape index (κ2) is 6.38. The Bertz CT molecular complexity index is 469. The summed E-state index contributed by atoms with van der Waals surface area (Å²) in [5, 5.41) is 10.2. The molecule has 1 fully saturated rings. The van der Waals surface area contributed by atoms with E-state index >= 15 is 0 Å². The highest BCUT2D eigenvalue weighted by Gasteiger charge is 2.28. The van der Waals surface area contributed by atoms with Gasteiger partial charge in [0, 0.05) is 30.7 Å². The molecule has 0 spiro atoms. The van der Waals surface area contributed by atoms with Crippen molar-refractivity contribution in [1.82, 2.24) is 9.80 Å². The molecule has 4 heteroatoms. The first kappa shape index (κ1) is 14.3. The molecule has 2 rings (SSSR count). The van der Waals surface area contributed by atoms with Gasteiger partial charge in [-0.1, -0.05) is 30.7 Å². The van der Waals surface area contributed by atoms with E-state index in [2.05, 4.69) is 29.8 Å². The number of nitrogens with zero attached hydrogens (tertiary/aromatic N) is 3. The summed E-state index contributed by atoms with van der Waals surface area (Å²) in [6.07, 6.45) is 1.11. The molecular weight excluding hydrogens is 258 g/mol. The maximum Gasteiger partial charge on any atom is 0.124 e. The quantitative estimate of drug-likeness (QED) is 0.851. The lowest BCUT2D eigenvalue weighted by atomic mass is 10.0. The molecule has 0 bridgehead atoms. The van der Waals surface area contributed by atoms with E-state index in [4.69, 9.17) is 11.6 Å².